The van der Waals surface area contributed by atoms with Gasteiger partial charge in [0.25, 0.3) is 0 Å². The summed E-state index contributed by atoms with van der Waals surface area (Å²) in [6.45, 7) is 3.35. The lowest BCUT2D eigenvalue weighted by atomic mass is 10.1. The van der Waals surface area contributed by atoms with Gasteiger partial charge < -0.3 is 10.6 Å². The second-order valence-electron chi connectivity index (χ2n) is 6.56. The third kappa shape index (κ3) is 4.45. The van der Waals surface area contributed by atoms with Crippen molar-refractivity contribution in [2.24, 2.45) is 0 Å². The molecule has 2 N–H and O–H groups in total. The van der Waals surface area contributed by atoms with E-state index >= 15 is 0 Å². The predicted octanol–water partition coefficient (Wildman–Crippen LogP) is 2.47. The van der Waals surface area contributed by atoms with Crippen LogP contribution in [0.1, 0.15) is 43.7 Å². The van der Waals surface area contributed by atoms with Crippen molar-refractivity contribution >= 4 is 5.91 Å². The van der Waals surface area contributed by atoms with E-state index in [4.69, 9.17) is 0 Å². The van der Waals surface area contributed by atoms with E-state index in [0.717, 1.165) is 19.4 Å². The summed E-state index contributed by atoms with van der Waals surface area (Å²) in [4.78, 5) is 12.3. The number of carbonyl (C=O) groups is 1. The first kappa shape index (κ1) is 16.7. The first-order chi connectivity index (χ1) is 11.7. The van der Waals surface area contributed by atoms with Crippen LogP contribution in [0.15, 0.2) is 42.7 Å². The van der Waals surface area contributed by atoms with Gasteiger partial charge >= 0.3 is 0 Å². The molecule has 3 rings (SSSR count). The molecule has 1 aliphatic rings. The first-order valence-electron chi connectivity index (χ1n) is 8.80. The molecule has 2 aromatic rings. The second kappa shape index (κ2) is 8.11. The predicted molar refractivity (Wildman–Crippen MR) is 94.5 cm³/mol. The zero-order chi connectivity index (χ0) is 16.8. The summed E-state index contributed by atoms with van der Waals surface area (Å²) in [5.41, 5.74) is 2.42. The molecule has 1 fully saturated rings. The lowest BCUT2D eigenvalue weighted by molar-refractivity contribution is -0.123. The van der Waals surface area contributed by atoms with E-state index < -0.39 is 0 Å². The van der Waals surface area contributed by atoms with E-state index in [2.05, 4.69) is 27.9 Å². The number of nitrogens with one attached hydrogen (secondary N) is 2. The number of carbonyl (C=O) groups excluding carboxylic acids is 1. The molecule has 1 aromatic heterocycles. The van der Waals surface area contributed by atoms with Gasteiger partial charge in [0.2, 0.25) is 5.91 Å². The molecule has 128 valence electrons. The van der Waals surface area contributed by atoms with Crippen molar-refractivity contribution in [3.8, 4) is 0 Å². The first-order valence-corrected chi connectivity index (χ1v) is 8.80. The smallest absolute Gasteiger partial charge is 0.237 e. The summed E-state index contributed by atoms with van der Waals surface area (Å²) < 4.78 is 1.91. The van der Waals surface area contributed by atoms with Crippen molar-refractivity contribution in [3.63, 3.8) is 0 Å². The Morgan fingerprint density at radius 2 is 2.00 bits per heavy atom. The van der Waals surface area contributed by atoms with Crippen molar-refractivity contribution in [1.29, 1.82) is 0 Å². The van der Waals surface area contributed by atoms with E-state index in [9.17, 15) is 4.79 Å². The molecule has 1 amide bonds. The number of hydrogen-bond donors (Lipinski definition) is 2. The van der Waals surface area contributed by atoms with Gasteiger partial charge in [-0.2, -0.15) is 5.10 Å². The van der Waals surface area contributed by atoms with Crippen molar-refractivity contribution in [1.82, 2.24) is 20.4 Å². The van der Waals surface area contributed by atoms with E-state index in [0.29, 0.717) is 12.6 Å². The van der Waals surface area contributed by atoms with Gasteiger partial charge in [0.1, 0.15) is 0 Å². The monoisotopic (exact) mass is 326 g/mol. The van der Waals surface area contributed by atoms with Gasteiger partial charge in [-0.1, -0.05) is 37.1 Å². The fourth-order valence-electron chi connectivity index (χ4n) is 3.20. The van der Waals surface area contributed by atoms with Crippen LogP contribution in [0.5, 0.6) is 0 Å². The molecule has 5 nitrogen and oxygen atoms in total. The molecule has 1 heterocycles. The molecular formula is C19H26N4O. The molecule has 1 aromatic carbocycles. The number of nitrogens with zero attached hydrogens (tertiary/aromatic N) is 2. The van der Waals surface area contributed by atoms with Crippen molar-refractivity contribution in [3.05, 3.63) is 53.9 Å². The fraction of sp³-hybridized carbons (Fsp3) is 0.474. The zero-order valence-corrected chi connectivity index (χ0v) is 14.2. The third-order valence-electron chi connectivity index (χ3n) is 4.70. The van der Waals surface area contributed by atoms with Gasteiger partial charge in [0.05, 0.1) is 12.6 Å². The molecule has 0 saturated heterocycles. The summed E-state index contributed by atoms with van der Waals surface area (Å²) in [6, 6.07) is 10.4. The summed E-state index contributed by atoms with van der Waals surface area (Å²) in [7, 11) is 0. The molecule has 0 aliphatic heterocycles. The number of benzene rings is 1. The van der Waals surface area contributed by atoms with Crippen molar-refractivity contribution in [2.75, 3.05) is 0 Å². The van der Waals surface area contributed by atoms with E-state index in [1.165, 1.54) is 24.0 Å². The zero-order valence-electron chi connectivity index (χ0n) is 14.2. The van der Waals surface area contributed by atoms with E-state index in [-0.39, 0.29) is 11.9 Å². The molecule has 1 saturated carbocycles. The van der Waals surface area contributed by atoms with Crippen LogP contribution >= 0.6 is 0 Å². The highest BCUT2D eigenvalue weighted by Gasteiger charge is 2.20. The molecule has 0 unspecified atom stereocenters. The van der Waals surface area contributed by atoms with Crippen LogP contribution in [0.2, 0.25) is 0 Å². The average Bonchev–Trinajstić information content (AvgIpc) is 3.27. The molecule has 0 bridgehead atoms. The van der Waals surface area contributed by atoms with E-state index in [1.54, 1.807) is 6.20 Å². The van der Waals surface area contributed by atoms with Crippen LogP contribution in [0.4, 0.5) is 0 Å². The normalized spacial score (nSPS) is 16.2. The minimum atomic E-state index is -0.191. The molecule has 24 heavy (non-hydrogen) atoms. The molecule has 1 aliphatic carbocycles. The topological polar surface area (TPSA) is 59.0 Å². The van der Waals surface area contributed by atoms with Crippen molar-refractivity contribution < 1.29 is 4.79 Å². The molecule has 1 atom stereocenters. The highest BCUT2D eigenvalue weighted by molar-refractivity contribution is 5.81. The minimum absolute atomic E-state index is 0.103. The summed E-state index contributed by atoms with van der Waals surface area (Å²) in [5.74, 6) is 0.103. The maximum absolute atomic E-state index is 12.3. The molecule has 5 heteroatoms. The Hall–Kier alpha value is -2.14. The average molecular weight is 326 g/mol. The Kier molecular flexibility index (Phi) is 5.64. The van der Waals surface area contributed by atoms with Gasteiger partial charge in [0, 0.05) is 25.0 Å². The maximum Gasteiger partial charge on any atom is 0.237 e. The lowest BCUT2D eigenvalue weighted by Crippen LogP contribution is -2.45. The number of aromatic nitrogens is 2. The van der Waals surface area contributed by atoms with Crippen LogP contribution in [0.3, 0.4) is 0 Å². The molecule has 0 spiro atoms. The van der Waals surface area contributed by atoms with Crippen LogP contribution in [0, 0.1) is 0 Å². The number of rotatable bonds is 7. The minimum Gasteiger partial charge on any atom is -0.352 e. The Bertz CT molecular complexity index is 647. The Morgan fingerprint density at radius 3 is 2.71 bits per heavy atom. The van der Waals surface area contributed by atoms with Crippen molar-refractivity contribution in [2.45, 2.75) is 57.8 Å². The highest BCUT2D eigenvalue weighted by atomic mass is 16.2. The SMILES string of the molecule is C[C@@H](NCc1ccccc1Cn1cccn1)C(=O)NC1CCCC1. The van der Waals surface area contributed by atoms with Gasteiger partial charge in [-0.05, 0) is 37.0 Å². The number of hydrogen-bond acceptors (Lipinski definition) is 3. The highest BCUT2D eigenvalue weighted by Crippen LogP contribution is 2.17. The van der Waals surface area contributed by atoms with Gasteiger partial charge in [-0.3, -0.25) is 9.48 Å². The number of amides is 1. The molecular weight excluding hydrogens is 300 g/mol. The maximum atomic E-state index is 12.3. The van der Waals surface area contributed by atoms with Gasteiger partial charge in [0.15, 0.2) is 0 Å². The summed E-state index contributed by atoms with van der Waals surface area (Å²) in [6.07, 6.45) is 8.44. The quantitative estimate of drug-likeness (QED) is 0.822. The van der Waals surface area contributed by atoms with E-state index in [1.807, 2.05) is 36.0 Å². The van der Waals surface area contributed by atoms with Gasteiger partial charge in [-0.15, -0.1) is 0 Å². The standard InChI is InChI=1S/C19H26N4O/c1-15(19(24)22-18-9-4-5-10-18)20-13-16-7-2-3-8-17(16)14-23-12-6-11-21-23/h2-3,6-8,11-12,15,18,20H,4-5,9-10,13-14H2,1H3,(H,22,24)/t15-/m1/s1. The van der Waals surface area contributed by atoms with Gasteiger partial charge in [-0.25, -0.2) is 0 Å². The van der Waals surface area contributed by atoms with Crippen LogP contribution < -0.4 is 10.6 Å². The Morgan fingerprint density at radius 1 is 1.25 bits per heavy atom. The summed E-state index contributed by atoms with van der Waals surface area (Å²) >= 11 is 0. The second-order valence-corrected chi connectivity index (χ2v) is 6.56. The Labute approximate surface area is 143 Å². The lowest BCUT2D eigenvalue weighted by Gasteiger charge is -2.18. The Balaban J connectivity index is 1.54. The largest absolute Gasteiger partial charge is 0.352 e. The fourth-order valence-corrected chi connectivity index (χ4v) is 3.20. The van der Waals surface area contributed by atoms with Crippen LogP contribution in [0.25, 0.3) is 0 Å². The summed E-state index contributed by atoms with van der Waals surface area (Å²) in [5, 5.41) is 10.8. The van der Waals surface area contributed by atoms with Crippen LogP contribution in [-0.4, -0.2) is 27.8 Å². The van der Waals surface area contributed by atoms with Crippen LogP contribution in [-0.2, 0) is 17.9 Å². The molecule has 0 radical (unpaired) electrons. The third-order valence-corrected chi connectivity index (χ3v) is 4.70.